The van der Waals surface area contributed by atoms with E-state index in [4.69, 9.17) is 5.11 Å². The molecule has 1 aromatic rings. The van der Waals surface area contributed by atoms with Crippen LogP contribution in [0.1, 0.15) is 37.3 Å². The third kappa shape index (κ3) is 5.55. The molecular weight excluding hydrogens is 242 g/mol. The maximum Gasteiger partial charge on any atom is 0.326 e. The smallest absolute Gasteiger partial charge is 0.326 e. The first kappa shape index (κ1) is 15.2. The van der Waals surface area contributed by atoms with E-state index in [0.29, 0.717) is 6.42 Å². The van der Waals surface area contributed by atoms with E-state index in [1.54, 1.807) is 0 Å². The van der Waals surface area contributed by atoms with Gasteiger partial charge in [0.2, 0.25) is 5.91 Å². The van der Waals surface area contributed by atoms with Crippen LogP contribution in [0.25, 0.3) is 0 Å². The molecule has 0 unspecified atom stereocenters. The molecule has 104 valence electrons. The second-order valence-corrected chi connectivity index (χ2v) is 4.77. The molecule has 0 aliphatic rings. The van der Waals surface area contributed by atoms with Crippen molar-refractivity contribution in [1.82, 2.24) is 5.32 Å². The maximum absolute atomic E-state index is 11.8. The Balaban J connectivity index is 2.55. The van der Waals surface area contributed by atoms with Crippen LogP contribution >= 0.6 is 0 Å². The van der Waals surface area contributed by atoms with Gasteiger partial charge in [-0.25, -0.2) is 4.79 Å². The zero-order chi connectivity index (χ0) is 14.3. The van der Waals surface area contributed by atoms with Crippen molar-refractivity contribution in [3.8, 4) is 0 Å². The lowest BCUT2D eigenvalue weighted by Gasteiger charge is -2.14. The Hall–Kier alpha value is -1.84. The van der Waals surface area contributed by atoms with Crippen molar-refractivity contribution < 1.29 is 14.7 Å². The molecule has 1 amide bonds. The predicted molar refractivity (Wildman–Crippen MR) is 74.0 cm³/mol. The van der Waals surface area contributed by atoms with Gasteiger partial charge < -0.3 is 10.4 Å². The zero-order valence-electron chi connectivity index (χ0n) is 11.5. The van der Waals surface area contributed by atoms with E-state index in [9.17, 15) is 9.59 Å². The monoisotopic (exact) mass is 263 g/mol. The van der Waals surface area contributed by atoms with Gasteiger partial charge in [0.25, 0.3) is 0 Å². The van der Waals surface area contributed by atoms with E-state index >= 15 is 0 Å². The fourth-order valence-corrected chi connectivity index (χ4v) is 1.92. The Morgan fingerprint density at radius 3 is 2.68 bits per heavy atom. The minimum atomic E-state index is -0.967. The highest BCUT2D eigenvalue weighted by Gasteiger charge is 2.19. The molecule has 1 aromatic carbocycles. The lowest BCUT2D eigenvalue weighted by Crippen LogP contribution is -2.41. The van der Waals surface area contributed by atoms with E-state index < -0.39 is 12.0 Å². The molecule has 0 bridgehead atoms. The summed E-state index contributed by atoms with van der Waals surface area (Å²) in [6.45, 7) is 3.95. The highest BCUT2D eigenvalue weighted by molar-refractivity contribution is 5.84. The lowest BCUT2D eigenvalue weighted by molar-refractivity contribution is -0.142. The van der Waals surface area contributed by atoms with E-state index in [2.05, 4.69) is 5.32 Å². The number of unbranched alkanes of at least 4 members (excludes halogenated alkanes) is 1. The Morgan fingerprint density at radius 2 is 2.11 bits per heavy atom. The number of carbonyl (C=O) groups is 2. The predicted octanol–water partition coefficient (Wildman–Crippen LogP) is 2.30. The fraction of sp³-hybridized carbons (Fsp3) is 0.467. The normalized spacial score (nSPS) is 11.9. The summed E-state index contributed by atoms with van der Waals surface area (Å²) in [4.78, 5) is 22.9. The summed E-state index contributed by atoms with van der Waals surface area (Å²) in [6.07, 6.45) is 2.40. The second-order valence-electron chi connectivity index (χ2n) is 4.77. The molecule has 0 saturated heterocycles. The fourth-order valence-electron chi connectivity index (χ4n) is 1.92. The van der Waals surface area contributed by atoms with E-state index in [1.807, 2.05) is 38.1 Å². The number of hydrogen-bond donors (Lipinski definition) is 2. The van der Waals surface area contributed by atoms with Gasteiger partial charge in [-0.2, -0.15) is 0 Å². The minimum Gasteiger partial charge on any atom is -0.480 e. The van der Waals surface area contributed by atoms with Gasteiger partial charge in [0.15, 0.2) is 0 Å². The van der Waals surface area contributed by atoms with Gasteiger partial charge in [-0.15, -0.1) is 0 Å². The molecule has 1 rings (SSSR count). The number of amides is 1. The summed E-state index contributed by atoms with van der Waals surface area (Å²) in [5, 5.41) is 11.6. The zero-order valence-corrected chi connectivity index (χ0v) is 11.5. The van der Waals surface area contributed by atoms with Crippen LogP contribution in [0.3, 0.4) is 0 Å². The molecule has 2 N–H and O–H groups in total. The maximum atomic E-state index is 11.8. The third-order valence-electron chi connectivity index (χ3n) is 2.93. The Bertz CT molecular complexity index is 443. The summed E-state index contributed by atoms with van der Waals surface area (Å²) >= 11 is 0. The molecule has 0 heterocycles. The van der Waals surface area contributed by atoms with Crippen molar-refractivity contribution in [3.63, 3.8) is 0 Å². The number of carboxylic acids is 1. The largest absolute Gasteiger partial charge is 0.480 e. The van der Waals surface area contributed by atoms with Gasteiger partial charge in [0.05, 0.1) is 6.42 Å². The SMILES string of the molecule is CCCC[C@H](NC(=O)Cc1cccc(C)c1)C(=O)O. The van der Waals surface area contributed by atoms with Crippen LogP contribution in [0, 0.1) is 6.92 Å². The number of hydrogen-bond acceptors (Lipinski definition) is 2. The summed E-state index contributed by atoms with van der Waals surface area (Å²) < 4.78 is 0. The molecule has 0 aliphatic carbocycles. The summed E-state index contributed by atoms with van der Waals surface area (Å²) in [5.41, 5.74) is 1.99. The van der Waals surface area contributed by atoms with Gasteiger partial charge in [-0.05, 0) is 18.9 Å². The van der Waals surface area contributed by atoms with Crippen molar-refractivity contribution in [2.75, 3.05) is 0 Å². The topological polar surface area (TPSA) is 66.4 Å². The Labute approximate surface area is 113 Å². The minimum absolute atomic E-state index is 0.220. The van der Waals surface area contributed by atoms with Gasteiger partial charge in [-0.1, -0.05) is 49.6 Å². The molecule has 0 fully saturated rings. The number of carbonyl (C=O) groups excluding carboxylic acids is 1. The van der Waals surface area contributed by atoms with E-state index in [-0.39, 0.29) is 12.3 Å². The van der Waals surface area contributed by atoms with E-state index in [0.717, 1.165) is 24.0 Å². The molecule has 0 aliphatic heterocycles. The summed E-state index contributed by atoms with van der Waals surface area (Å²) in [6, 6.07) is 6.87. The quantitative estimate of drug-likeness (QED) is 0.793. The molecule has 0 radical (unpaired) electrons. The molecule has 0 saturated carbocycles. The van der Waals surface area contributed by atoms with Gasteiger partial charge >= 0.3 is 5.97 Å². The van der Waals surface area contributed by atoms with Crippen molar-refractivity contribution >= 4 is 11.9 Å². The van der Waals surface area contributed by atoms with Crippen molar-refractivity contribution in [1.29, 1.82) is 0 Å². The number of rotatable bonds is 7. The van der Waals surface area contributed by atoms with Crippen molar-refractivity contribution in [2.45, 2.75) is 45.6 Å². The third-order valence-corrected chi connectivity index (χ3v) is 2.93. The second kappa shape index (κ2) is 7.56. The Kier molecular flexibility index (Phi) is 6.06. The van der Waals surface area contributed by atoms with E-state index in [1.165, 1.54) is 0 Å². The van der Waals surface area contributed by atoms with Gasteiger partial charge in [0, 0.05) is 0 Å². The molecule has 4 heteroatoms. The average molecular weight is 263 g/mol. The van der Waals surface area contributed by atoms with Crippen LogP contribution in [0.2, 0.25) is 0 Å². The van der Waals surface area contributed by atoms with Crippen molar-refractivity contribution in [2.24, 2.45) is 0 Å². The molecule has 0 aromatic heterocycles. The number of carboxylic acid groups (broad SMARTS) is 1. The molecular formula is C15H21NO3. The highest BCUT2D eigenvalue weighted by atomic mass is 16.4. The number of aryl methyl sites for hydroxylation is 1. The molecule has 19 heavy (non-hydrogen) atoms. The van der Waals surface area contributed by atoms with Crippen LogP contribution in [-0.4, -0.2) is 23.0 Å². The average Bonchev–Trinajstić information content (AvgIpc) is 2.34. The lowest BCUT2D eigenvalue weighted by atomic mass is 10.1. The first-order chi connectivity index (χ1) is 9.02. The summed E-state index contributed by atoms with van der Waals surface area (Å²) in [5.74, 6) is -1.21. The Morgan fingerprint density at radius 1 is 1.37 bits per heavy atom. The molecule has 1 atom stereocenters. The first-order valence-electron chi connectivity index (χ1n) is 6.60. The standard InChI is InChI=1S/C15H21NO3/c1-3-4-8-13(15(18)19)16-14(17)10-12-7-5-6-11(2)9-12/h5-7,9,13H,3-4,8,10H2,1-2H3,(H,16,17)(H,18,19)/t13-/m0/s1. The number of nitrogens with one attached hydrogen (secondary N) is 1. The van der Waals surface area contributed by atoms with Crippen LogP contribution in [0.5, 0.6) is 0 Å². The van der Waals surface area contributed by atoms with Gasteiger partial charge in [0.1, 0.15) is 6.04 Å². The molecule has 4 nitrogen and oxygen atoms in total. The van der Waals surface area contributed by atoms with Crippen LogP contribution in [0.15, 0.2) is 24.3 Å². The van der Waals surface area contributed by atoms with Crippen molar-refractivity contribution in [3.05, 3.63) is 35.4 Å². The molecule has 0 spiro atoms. The van der Waals surface area contributed by atoms with Gasteiger partial charge in [-0.3, -0.25) is 4.79 Å². The summed E-state index contributed by atoms with van der Waals surface area (Å²) in [7, 11) is 0. The number of benzene rings is 1. The first-order valence-corrected chi connectivity index (χ1v) is 6.60. The van der Waals surface area contributed by atoms with Crippen LogP contribution in [0.4, 0.5) is 0 Å². The van der Waals surface area contributed by atoms with Crippen LogP contribution in [-0.2, 0) is 16.0 Å². The highest BCUT2D eigenvalue weighted by Crippen LogP contribution is 2.06. The van der Waals surface area contributed by atoms with Crippen LogP contribution < -0.4 is 5.32 Å². The number of aliphatic carboxylic acids is 1.